The molecule has 0 aromatic heterocycles. The molecule has 2 amide bonds. The van der Waals surface area contributed by atoms with Gasteiger partial charge in [-0.1, -0.05) is 22.7 Å². The highest BCUT2D eigenvalue weighted by Gasteiger charge is 2.49. The molecule has 22 heavy (non-hydrogen) atoms. The van der Waals surface area contributed by atoms with Crippen LogP contribution >= 0.6 is 11.6 Å². The maximum atomic E-state index is 12.7. The maximum Gasteiger partial charge on any atom is 0.238 e. The lowest BCUT2D eigenvalue weighted by atomic mass is 9.78. The number of halogens is 1. The topological polar surface area (TPSA) is 46.6 Å². The van der Waals surface area contributed by atoms with Crippen LogP contribution in [0.3, 0.4) is 0 Å². The van der Waals surface area contributed by atoms with Gasteiger partial charge in [-0.05, 0) is 44.9 Å². The minimum absolute atomic E-state index is 0.122. The first kappa shape index (κ1) is 15.1. The molecule has 1 saturated heterocycles. The van der Waals surface area contributed by atoms with Gasteiger partial charge in [0.1, 0.15) is 5.75 Å². The summed E-state index contributed by atoms with van der Waals surface area (Å²) in [6.07, 6.45) is 1.34. The summed E-state index contributed by atoms with van der Waals surface area (Å²) in [5.74, 6) is -0.199. The molecule has 1 aromatic carbocycles. The van der Waals surface area contributed by atoms with Gasteiger partial charge in [-0.3, -0.25) is 9.59 Å². The van der Waals surface area contributed by atoms with Gasteiger partial charge in [0.15, 0.2) is 0 Å². The number of nitrogens with zero attached hydrogens (tertiary/aromatic N) is 1. The number of fused-ring (bicyclic) bond motifs is 1. The van der Waals surface area contributed by atoms with Gasteiger partial charge < -0.3 is 4.74 Å². The third-order valence-corrected chi connectivity index (χ3v) is 5.03. The summed E-state index contributed by atoms with van der Waals surface area (Å²) in [4.78, 5) is 26.6. The average Bonchev–Trinajstić information content (AvgIpc) is 2.71. The smallest absolute Gasteiger partial charge is 0.238 e. The molecule has 1 aromatic rings. The van der Waals surface area contributed by atoms with E-state index < -0.39 is 0 Å². The van der Waals surface area contributed by atoms with E-state index >= 15 is 0 Å². The van der Waals surface area contributed by atoms with Crippen molar-refractivity contribution in [3.05, 3.63) is 34.4 Å². The lowest BCUT2D eigenvalue weighted by molar-refractivity contribution is -0.122. The van der Waals surface area contributed by atoms with Crippen molar-refractivity contribution < 1.29 is 14.3 Å². The summed E-state index contributed by atoms with van der Waals surface area (Å²) in [5.41, 5.74) is 2.96. The van der Waals surface area contributed by atoms with Crippen LogP contribution in [0.15, 0.2) is 29.3 Å². The Morgan fingerprint density at radius 2 is 1.64 bits per heavy atom. The maximum absolute atomic E-state index is 12.7. The van der Waals surface area contributed by atoms with E-state index in [1.165, 1.54) is 23.2 Å². The Bertz CT molecular complexity index is 663. The van der Waals surface area contributed by atoms with Crippen LogP contribution in [0, 0.1) is 11.8 Å². The molecule has 2 unspecified atom stereocenters. The van der Waals surface area contributed by atoms with Crippen LogP contribution in [0.25, 0.3) is 0 Å². The highest BCUT2D eigenvalue weighted by Crippen LogP contribution is 2.43. The molecular weight excluding hydrogens is 302 g/mol. The molecular formula is C17H18ClNO3. The largest absolute Gasteiger partial charge is 0.495 e. The van der Waals surface area contributed by atoms with Gasteiger partial charge in [-0.2, -0.15) is 0 Å². The number of hydrogen-bond donors (Lipinski definition) is 0. The van der Waals surface area contributed by atoms with Crippen LogP contribution < -0.4 is 9.64 Å². The zero-order valence-corrected chi connectivity index (χ0v) is 13.6. The average molecular weight is 320 g/mol. The molecule has 0 spiro atoms. The quantitative estimate of drug-likeness (QED) is 0.618. The third-order valence-electron chi connectivity index (χ3n) is 4.74. The molecule has 5 heteroatoms. The predicted molar refractivity (Wildman–Crippen MR) is 85.1 cm³/mol. The van der Waals surface area contributed by atoms with E-state index in [2.05, 4.69) is 0 Å². The number of imide groups is 1. The van der Waals surface area contributed by atoms with Crippen molar-refractivity contribution in [3.63, 3.8) is 0 Å². The van der Waals surface area contributed by atoms with E-state index in [0.717, 1.165) is 0 Å². The number of rotatable bonds is 2. The molecule has 1 heterocycles. The lowest BCUT2D eigenvalue weighted by Crippen LogP contribution is -2.30. The highest BCUT2D eigenvalue weighted by atomic mass is 35.5. The number of carbonyl (C=O) groups is 2. The molecule has 1 fully saturated rings. The summed E-state index contributed by atoms with van der Waals surface area (Å²) in [7, 11) is 1.53. The van der Waals surface area contributed by atoms with Crippen LogP contribution in [0.5, 0.6) is 5.75 Å². The molecule has 3 rings (SSSR count). The molecule has 1 aliphatic carbocycles. The van der Waals surface area contributed by atoms with Gasteiger partial charge in [0, 0.05) is 0 Å². The highest BCUT2D eigenvalue weighted by molar-refractivity contribution is 6.33. The fourth-order valence-corrected chi connectivity index (χ4v) is 3.55. The van der Waals surface area contributed by atoms with Crippen molar-refractivity contribution >= 4 is 29.1 Å². The minimum Gasteiger partial charge on any atom is -0.495 e. The number of amides is 2. The SMILES string of the molecule is COc1ccc(N2C(=O)C3CC(C)=C(C)CC3C2=O)cc1Cl. The molecule has 116 valence electrons. The number of allylic oxidation sites excluding steroid dienone is 2. The van der Waals surface area contributed by atoms with Crippen LogP contribution in [-0.4, -0.2) is 18.9 Å². The predicted octanol–water partition coefficient (Wildman–Crippen LogP) is 3.58. The van der Waals surface area contributed by atoms with Crippen LogP contribution in [0.2, 0.25) is 5.02 Å². The van der Waals surface area contributed by atoms with Crippen molar-refractivity contribution in [2.75, 3.05) is 12.0 Å². The Kier molecular flexibility index (Phi) is 3.73. The Labute approximate surface area is 134 Å². The zero-order valence-electron chi connectivity index (χ0n) is 12.9. The number of methoxy groups -OCH3 is 1. The summed E-state index contributed by atoms with van der Waals surface area (Å²) in [5, 5.41) is 0.390. The molecule has 1 aliphatic heterocycles. The van der Waals surface area contributed by atoms with Gasteiger partial charge in [-0.15, -0.1) is 0 Å². The first-order valence-electron chi connectivity index (χ1n) is 7.30. The fraction of sp³-hybridized carbons (Fsp3) is 0.412. The lowest BCUT2D eigenvalue weighted by Gasteiger charge is -2.23. The number of benzene rings is 1. The van der Waals surface area contributed by atoms with Crippen LogP contribution in [-0.2, 0) is 9.59 Å². The van der Waals surface area contributed by atoms with Gasteiger partial charge in [0.2, 0.25) is 11.8 Å². The van der Waals surface area contributed by atoms with Crippen molar-refractivity contribution in [1.82, 2.24) is 0 Å². The number of carbonyl (C=O) groups excluding carboxylic acids is 2. The van der Waals surface area contributed by atoms with Gasteiger partial charge in [-0.25, -0.2) is 4.90 Å². The van der Waals surface area contributed by atoms with Crippen molar-refractivity contribution in [2.45, 2.75) is 26.7 Å². The standard InChI is InChI=1S/C17H18ClNO3/c1-9-6-12-13(7-10(9)2)17(21)19(16(12)20)11-4-5-15(22-3)14(18)8-11/h4-5,8,12-13H,6-7H2,1-3H3. The Balaban J connectivity index is 1.96. The van der Waals surface area contributed by atoms with E-state index in [0.29, 0.717) is 29.3 Å². The summed E-state index contributed by atoms with van der Waals surface area (Å²) < 4.78 is 5.11. The molecule has 0 N–H and O–H groups in total. The molecule has 0 radical (unpaired) electrons. The van der Waals surface area contributed by atoms with E-state index in [1.54, 1.807) is 18.2 Å². The summed E-state index contributed by atoms with van der Waals surface area (Å²) >= 11 is 6.12. The molecule has 0 bridgehead atoms. The second kappa shape index (κ2) is 5.43. The van der Waals surface area contributed by atoms with Gasteiger partial charge in [0.25, 0.3) is 0 Å². The summed E-state index contributed by atoms with van der Waals surface area (Å²) in [6.45, 7) is 4.08. The normalized spacial score (nSPS) is 24.8. The Morgan fingerprint density at radius 3 is 2.09 bits per heavy atom. The van der Waals surface area contributed by atoms with Gasteiger partial charge in [0.05, 0.1) is 29.7 Å². The van der Waals surface area contributed by atoms with Crippen molar-refractivity contribution in [2.24, 2.45) is 11.8 Å². The number of ether oxygens (including phenoxy) is 1. The van der Waals surface area contributed by atoms with Crippen LogP contribution in [0.4, 0.5) is 5.69 Å². The van der Waals surface area contributed by atoms with Gasteiger partial charge >= 0.3 is 0 Å². The first-order valence-corrected chi connectivity index (χ1v) is 7.68. The Hall–Kier alpha value is -1.81. The minimum atomic E-state index is -0.239. The number of hydrogen-bond acceptors (Lipinski definition) is 3. The monoisotopic (exact) mass is 319 g/mol. The molecule has 0 saturated carbocycles. The summed E-state index contributed by atoms with van der Waals surface area (Å²) in [6, 6.07) is 4.99. The molecule has 2 aliphatic rings. The van der Waals surface area contributed by atoms with E-state index in [4.69, 9.17) is 16.3 Å². The molecule has 4 nitrogen and oxygen atoms in total. The molecule has 2 atom stereocenters. The van der Waals surface area contributed by atoms with E-state index in [1.807, 2.05) is 13.8 Å². The van der Waals surface area contributed by atoms with Crippen molar-refractivity contribution in [3.8, 4) is 5.75 Å². The fourth-order valence-electron chi connectivity index (χ4n) is 3.30. The first-order chi connectivity index (χ1) is 10.4. The zero-order chi connectivity index (χ0) is 16.0. The van der Waals surface area contributed by atoms with Crippen LogP contribution in [0.1, 0.15) is 26.7 Å². The van der Waals surface area contributed by atoms with E-state index in [-0.39, 0.29) is 23.7 Å². The Morgan fingerprint density at radius 1 is 1.09 bits per heavy atom. The van der Waals surface area contributed by atoms with E-state index in [9.17, 15) is 9.59 Å². The second-order valence-corrected chi connectivity index (χ2v) is 6.42. The second-order valence-electron chi connectivity index (χ2n) is 6.01. The number of anilines is 1. The van der Waals surface area contributed by atoms with Crippen molar-refractivity contribution in [1.29, 1.82) is 0 Å². The third kappa shape index (κ3) is 2.22.